The first-order valence-electron chi connectivity index (χ1n) is 10.8. The Bertz CT molecular complexity index is 820. The van der Waals surface area contributed by atoms with Gasteiger partial charge in [0.15, 0.2) is 5.78 Å². The van der Waals surface area contributed by atoms with Crippen LogP contribution in [-0.4, -0.2) is 28.6 Å². The average Bonchev–Trinajstić information content (AvgIpc) is 2.79. The van der Waals surface area contributed by atoms with Gasteiger partial charge in [-0.1, -0.05) is 27.7 Å². The van der Waals surface area contributed by atoms with Gasteiger partial charge in [-0.2, -0.15) is 0 Å². The average molecular weight is 387 g/mol. The lowest BCUT2D eigenvalue weighted by atomic mass is 9.43. The van der Waals surface area contributed by atoms with Crippen molar-refractivity contribution in [2.45, 2.75) is 86.2 Å². The molecule has 2 fully saturated rings. The zero-order valence-electron chi connectivity index (χ0n) is 18.1. The van der Waals surface area contributed by atoms with Gasteiger partial charge in [0.1, 0.15) is 11.6 Å². The highest BCUT2D eigenvalue weighted by Crippen LogP contribution is 2.69. The molecule has 0 aliphatic heterocycles. The summed E-state index contributed by atoms with van der Waals surface area (Å²) in [6.45, 7) is 12.0. The quantitative estimate of drug-likeness (QED) is 0.738. The molecule has 0 amide bonds. The minimum Gasteiger partial charge on any atom is -0.393 e. The topological polar surface area (TPSA) is 71.4 Å². The summed E-state index contributed by atoms with van der Waals surface area (Å²) in [5, 5.41) is 10.6. The fraction of sp³-hybridized carbons (Fsp3) is 0.792. The van der Waals surface area contributed by atoms with E-state index < -0.39 is 10.8 Å². The van der Waals surface area contributed by atoms with Crippen LogP contribution >= 0.6 is 0 Å². The maximum atomic E-state index is 13.6. The van der Waals surface area contributed by atoms with E-state index in [-0.39, 0.29) is 59.0 Å². The predicted octanol–water partition coefficient (Wildman–Crippen LogP) is 4.04. The van der Waals surface area contributed by atoms with Gasteiger partial charge in [-0.3, -0.25) is 14.4 Å². The molecule has 0 aromatic rings. The largest absolute Gasteiger partial charge is 0.393 e. The molecule has 4 aliphatic rings. The van der Waals surface area contributed by atoms with Crippen molar-refractivity contribution in [3.05, 3.63) is 11.1 Å². The van der Waals surface area contributed by atoms with Gasteiger partial charge in [-0.05, 0) is 61.9 Å². The molecule has 0 spiro atoms. The van der Waals surface area contributed by atoms with Crippen LogP contribution in [0, 0.1) is 33.5 Å². The first kappa shape index (κ1) is 20.0. The van der Waals surface area contributed by atoms with E-state index in [1.54, 1.807) is 6.92 Å². The van der Waals surface area contributed by atoms with E-state index in [0.717, 1.165) is 30.4 Å². The SMILES string of the molecule is CC(=O)[C@H]1CC(=O)[C@@]2(C)C3=C(C(=O)C[C@]12C)[C@@]1(C)CC[C@H](O)C(C)(C)[C@@H]1CC3. The molecule has 0 aromatic carbocycles. The molecule has 0 bridgehead atoms. The Morgan fingerprint density at radius 3 is 2.32 bits per heavy atom. The molecule has 4 nitrogen and oxygen atoms in total. The lowest BCUT2D eigenvalue weighted by molar-refractivity contribution is -0.137. The predicted molar refractivity (Wildman–Crippen MR) is 107 cm³/mol. The van der Waals surface area contributed by atoms with Crippen molar-refractivity contribution in [1.82, 2.24) is 0 Å². The van der Waals surface area contributed by atoms with Crippen LogP contribution < -0.4 is 0 Å². The molecular weight excluding hydrogens is 352 g/mol. The lowest BCUT2D eigenvalue weighted by Gasteiger charge is -2.60. The van der Waals surface area contributed by atoms with Gasteiger partial charge >= 0.3 is 0 Å². The van der Waals surface area contributed by atoms with Crippen molar-refractivity contribution >= 4 is 17.3 Å². The van der Waals surface area contributed by atoms with Crippen molar-refractivity contribution in [1.29, 1.82) is 0 Å². The van der Waals surface area contributed by atoms with E-state index in [0.29, 0.717) is 6.42 Å². The van der Waals surface area contributed by atoms with Crippen LogP contribution in [0.3, 0.4) is 0 Å². The zero-order chi connectivity index (χ0) is 20.9. The lowest BCUT2D eigenvalue weighted by Crippen LogP contribution is -2.57. The highest BCUT2D eigenvalue weighted by Gasteiger charge is 2.68. The standard InChI is InChI=1S/C24H34O4/c1-13(25)15-11-19(28)24(6)14-7-8-17-21(2,3)18(27)9-10-22(17,4)20(14)16(26)12-23(15,24)5/h15,17-18,27H,7-12H2,1-6H3/t15-,17+,18+,22+,23-,24-/m1/s1. The Hall–Kier alpha value is -1.29. The number of fused-ring (bicyclic) bond motifs is 4. The van der Waals surface area contributed by atoms with E-state index in [1.807, 2.05) is 13.8 Å². The summed E-state index contributed by atoms with van der Waals surface area (Å²) in [5.41, 5.74) is 0.00754. The minimum absolute atomic E-state index is 0.0262. The summed E-state index contributed by atoms with van der Waals surface area (Å²) in [6, 6.07) is 0. The fourth-order valence-corrected chi connectivity index (χ4v) is 7.88. The Balaban J connectivity index is 1.92. The van der Waals surface area contributed by atoms with Gasteiger partial charge in [0.25, 0.3) is 0 Å². The van der Waals surface area contributed by atoms with Crippen molar-refractivity contribution in [2.75, 3.05) is 0 Å². The van der Waals surface area contributed by atoms with Crippen molar-refractivity contribution in [3.63, 3.8) is 0 Å². The van der Waals surface area contributed by atoms with Gasteiger partial charge in [0.2, 0.25) is 0 Å². The number of Topliss-reactive ketones (excluding diaryl/α,β-unsaturated/α-hetero) is 3. The van der Waals surface area contributed by atoms with Crippen LogP contribution in [-0.2, 0) is 14.4 Å². The molecule has 4 rings (SSSR count). The van der Waals surface area contributed by atoms with Gasteiger partial charge in [0.05, 0.1) is 11.5 Å². The van der Waals surface area contributed by atoms with E-state index >= 15 is 0 Å². The normalized spacial score (nSPS) is 47.5. The fourth-order valence-electron chi connectivity index (χ4n) is 7.88. The minimum atomic E-state index is -0.721. The van der Waals surface area contributed by atoms with Crippen LogP contribution in [0.15, 0.2) is 11.1 Å². The van der Waals surface area contributed by atoms with Gasteiger partial charge in [-0.15, -0.1) is 0 Å². The maximum absolute atomic E-state index is 13.6. The summed E-state index contributed by atoms with van der Waals surface area (Å²) < 4.78 is 0. The number of rotatable bonds is 1. The molecule has 0 radical (unpaired) electrons. The second kappa shape index (κ2) is 5.65. The zero-order valence-corrected chi connectivity index (χ0v) is 18.1. The van der Waals surface area contributed by atoms with Crippen molar-refractivity contribution < 1.29 is 19.5 Å². The number of carbonyl (C=O) groups is 3. The third-order valence-corrected chi connectivity index (χ3v) is 9.78. The molecule has 0 saturated heterocycles. The Kier molecular flexibility index (Phi) is 4.04. The molecule has 6 atom stereocenters. The second-order valence-corrected chi connectivity index (χ2v) is 11.2. The highest BCUT2D eigenvalue weighted by atomic mass is 16.3. The highest BCUT2D eigenvalue weighted by molar-refractivity contribution is 6.07. The van der Waals surface area contributed by atoms with Gasteiger partial charge in [0, 0.05) is 29.7 Å². The van der Waals surface area contributed by atoms with Crippen molar-refractivity contribution in [3.8, 4) is 0 Å². The van der Waals surface area contributed by atoms with Crippen LogP contribution in [0.2, 0.25) is 0 Å². The van der Waals surface area contributed by atoms with Crippen LogP contribution in [0.5, 0.6) is 0 Å². The summed E-state index contributed by atoms with van der Waals surface area (Å²) >= 11 is 0. The maximum Gasteiger partial charge on any atom is 0.160 e. The van der Waals surface area contributed by atoms with E-state index in [2.05, 4.69) is 20.8 Å². The number of ketones is 3. The molecule has 0 unspecified atom stereocenters. The Morgan fingerprint density at radius 2 is 1.71 bits per heavy atom. The number of carbonyl (C=O) groups excluding carboxylic acids is 3. The number of allylic oxidation sites excluding steroid dienone is 2. The Morgan fingerprint density at radius 1 is 1.07 bits per heavy atom. The van der Waals surface area contributed by atoms with E-state index in [1.165, 1.54) is 0 Å². The van der Waals surface area contributed by atoms with Crippen molar-refractivity contribution in [2.24, 2.45) is 33.5 Å². The molecule has 2 saturated carbocycles. The van der Waals surface area contributed by atoms with Gasteiger partial charge < -0.3 is 5.11 Å². The summed E-state index contributed by atoms with van der Waals surface area (Å²) in [4.78, 5) is 39.3. The van der Waals surface area contributed by atoms with Crippen LogP contribution in [0.25, 0.3) is 0 Å². The van der Waals surface area contributed by atoms with Crippen LogP contribution in [0.4, 0.5) is 0 Å². The third kappa shape index (κ3) is 2.08. The van der Waals surface area contributed by atoms with Crippen LogP contribution in [0.1, 0.15) is 80.1 Å². The molecular formula is C24H34O4. The molecule has 4 aliphatic carbocycles. The number of hydrogen-bond acceptors (Lipinski definition) is 4. The monoisotopic (exact) mass is 386 g/mol. The number of hydrogen-bond donors (Lipinski definition) is 1. The molecule has 0 heterocycles. The number of aliphatic hydroxyl groups is 1. The molecule has 28 heavy (non-hydrogen) atoms. The van der Waals surface area contributed by atoms with E-state index in [4.69, 9.17) is 0 Å². The first-order valence-corrected chi connectivity index (χ1v) is 10.8. The molecule has 0 aromatic heterocycles. The molecule has 4 heteroatoms. The first-order chi connectivity index (χ1) is 12.8. The van der Waals surface area contributed by atoms with E-state index in [9.17, 15) is 19.5 Å². The third-order valence-electron chi connectivity index (χ3n) is 9.78. The summed E-state index contributed by atoms with van der Waals surface area (Å²) in [6.07, 6.45) is 3.25. The smallest absolute Gasteiger partial charge is 0.160 e. The van der Waals surface area contributed by atoms with Gasteiger partial charge in [-0.25, -0.2) is 0 Å². The summed E-state index contributed by atoms with van der Waals surface area (Å²) in [7, 11) is 0. The number of aliphatic hydroxyl groups excluding tert-OH is 1. The second-order valence-electron chi connectivity index (χ2n) is 11.2. The molecule has 154 valence electrons. The Labute approximate surface area is 168 Å². The summed E-state index contributed by atoms with van der Waals surface area (Å²) in [5.74, 6) is 0.151. The molecule has 1 N–H and O–H groups in total.